The largest absolute Gasteiger partial charge is 0.396 e. The molecule has 2 fully saturated rings. The van der Waals surface area contributed by atoms with Crippen LogP contribution >= 0.6 is 0 Å². The molecule has 2 rings (SSSR count). The first-order valence-corrected chi connectivity index (χ1v) is 7.93. The molecule has 0 aromatic heterocycles. The highest BCUT2D eigenvalue weighted by Gasteiger charge is 2.34. The fourth-order valence-corrected chi connectivity index (χ4v) is 3.60. The Labute approximate surface area is 117 Å². The quantitative estimate of drug-likeness (QED) is 0.641. The van der Waals surface area contributed by atoms with Gasteiger partial charge in [-0.2, -0.15) is 0 Å². The van der Waals surface area contributed by atoms with Crippen molar-refractivity contribution in [1.29, 1.82) is 0 Å². The summed E-state index contributed by atoms with van der Waals surface area (Å²) < 4.78 is 0. The van der Waals surface area contributed by atoms with Gasteiger partial charge in [-0.25, -0.2) is 0 Å². The highest BCUT2D eigenvalue weighted by molar-refractivity contribution is 4.89. The van der Waals surface area contributed by atoms with Crippen LogP contribution in [-0.4, -0.2) is 60.0 Å². The lowest BCUT2D eigenvalue weighted by molar-refractivity contribution is 0.0441. The maximum Gasteiger partial charge on any atom is 0.0556 e. The lowest BCUT2D eigenvalue weighted by Crippen LogP contribution is -2.54. The van der Waals surface area contributed by atoms with E-state index in [4.69, 9.17) is 5.11 Å². The van der Waals surface area contributed by atoms with Crippen molar-refractivity contribution in [2.24, 2.45) is 11.8 Å². The molecule has 3 atom stereocenters. The molecule has 2 aliphatic rings. The van der Waals surface area contributed by atoms with Crippen LogP contribution in [0.25, 0.3) is 0 Å². The van der Waals surface area contributed by atoms with Crippen molar-refractivity contribution in [3.05, 3.63) is 0 Å². The number of piperidine rings is 1. The second-order valence-electron chi connectivity index (χ2n) is 6.37. The minimum Gasteiger partial charge on any atom is -0.396 e. The Morgan fingerprint density at radius 3 is 2.58 bits per heavy atom. The average molecular weight is 270 g/mol. The standard InChI is InChI=1S/C15H30N2O2/c1-12(14-3-2-4-14)17-10-13(5-7-18)9-15(11-17)16-6-8-19/h12-16,18-19H,2-11H2,1H3. The van der Waals surface area contributed by atoms with Crippen LogP contribution in [0.15, 0.2) is 0 Å². The summed E-state index contributed by atoms with van der Waals surface area (Å²) in [6.45, 7) is 5.79. The van der Waals surface area contributed by atoms with Crippen molar-refractivity contribution in [2.45, 2.75) is 51.1 Å². The van der Waals surface area contributed by atoms with Crippen molar-refractivity contribution >= 4 is 0 Å². The van der Waals surface area contributed by atoms with Gasteiger partial charge < -0.3 is 15.5 Å². The lowest BCUT2D eigenvalue weighted by Gasteiger charge is -2.45. The Morgan fingerprint density at radius 2 is 2.00 bits per heavy atom. The maximum absolute atomic E-state index is 9.19. The van der Waals surface area contributed by atoms with Gasteiger partial charge in [-0.3, -0.25) is 4.90 Å². The van der Waals surface area contributed by atoms with Crippen molar-refractivity contribution in [1.82, 2.24) is 10.2 Å². The second-order valence-corrected chi connectivity index (χ2v) is 6.37. The summed E-state index contributed by atoms with van der Waals surface area (Å²) in [5.41, 5.74) is 0. The zero-order chi connectivity index (χ0) is 13.7. The Hall–Kier alpha value is -0.160. The number of nitrogens with one attached hydrogen (secondary N) is 1. The van der Waals surface area contributed by atoms with Crippen LogP contribution < -0.4 is 5.32 Å². The van der Waals surface area contributed by atoms with Gasteiger partial charge in [0.15, 0.2) is 0 Å². The van der Waals surface area contributed by atoms with E-state index in [0.717, 1.165) is 31.8 Å². The molecule has 1 saturated heterocycles. The zero-order valence-electron chi connectivity index (χ0n) is 12.2. The van der Waals surface area contributed by atoms with Crippen LogP contribution in [0, 0.1) is 11.8 Å². The summed E-state index contributed by atoms with van der Waals surface area (Å²) in [7, 11) is 0. The summed E-state index contributed by atoms with van der Waals surface area (Å²) in [6.07, 6.45) is 6.21. The molecule has 4 nitrogen and oxygen atoms in total. The van der Waals surface area contributed by atoms with Crippen LogP contribution in [0.1, 0.15) is 39.0 Å². The van der Waals surface area contributed by atoms with Crippen molar-refractivity contribution in [3.63, 3.8) is 0 Å². The molecule has 4 heteroatoms. The van der Waals surface area contributed by atoms with E-state index in [1.54, 1.807) is 0 Å². The van der Waals surface area contributed by atoms with E-state index in [2.05, 4.69) is 17.1 Å². The summed E-state index contributed by atoms with van der Waals surface area (Å²) in [4.78, 5) is 2.61. The van der Waals surface area contributed by atoms with Gasteiger partial charge in [-0.15, -0.1) is 0 Å². The SMILES string of the molecule is CC(C1CCC1)N1CC(CCO)CC(NCCO)C1. The van der Waals surface area contributed by atoms with Gasteiger partial charge >= 0.3 is 0 Å². The number of likely N-dealkylation sites (tertiary alicyclic amines) is 1. The van der Waals surface area contributed by atoms with E-state index < -0.39 is 0 Å². The first-order chi connectivity index (χ1) is 9.24. The predicted molar refractivity (Wildman–Crippen MR) is 77.1 cm³/mol. The van der Waals surface area contributed by atoms with E-state index in [1.807, 2.05) is 0 Å². The third-order valence-electron chi connectivity index (χ3n) is 5.06. The molecule has 3 unspecified atom stereocenters. The van der Waals surface area contributed by atoms with Crippen molar-refractivity contribution < 1.29 is 10.2 Å². The summed E-state index contributed by atoms with van der Waals surface area (Å²) in [5, 5.41) is 21.6. The molecular weight excluding hydrogens is 240 g/mol. The van der Waals surface area contributed by atoms with Crippen LogP contribution in [-0.2, 0) is 0 Å². The summed E-state index contributed by atoms with van der Waals surface area (Å²) in [5.74, 6) is 1.48. The zero-order valence-corrected chi connectivity index (χ0v) is 12.2. The minimum absolute atomic E-state index is 0.208. The van der Waals surface area contributed by atoms with Crippen molar-refractivity contribution in [2.75, 3.05) is 32.8 Å². The van der Waals surface area contributed by atoms with Crippen molar-refractivity contribution in [3.8, 4) is 0 Å². The maximum atomic E-state index is 9.19. The van der Waals surface area contributed by atoms with Gasteiger partial charge in [0, 0.05) is 38.3 Å². The van der Waals surface area contributed by atoms with Gasteiger partial charge in [-0.05, 0) is 44.4 Å². The highest BCUT2D eigenvalue weighted by Crippen LogP contribution is 2.34. The third-order valence-corrected chi connectivity index (χ3v) is 5.06. The topological polar surface area (TPSA) is 55.7 Å². The van der Waals surface area contributed by atoms with Gasteiger partial charge in [0.25, 0.3) is 0 Å². The molecule has 0 amide bonds. The Bertz CT molecular complexity index is 259. The molecule has 1 saturated carbocycles. The van der Waals surface area contributed by atoms with E-state index in [9.17, 15) is 5.11 Å². The summed E-state index contributed by atoms with van der Waals surface area (Å²) in [6, 6.07) is 1.15. The fraction of sp³-hybridized carbons (Fsp3) is 1.00. The van der Waals surface area contributed by atoms with Gasteiger partial charge in [-0.1, -0.05) is 6.42 Å². The Morgan fingerprint density at radius 1 is 1.21 bits per heavy atom. The van der Waals surface area contributed by atoms with E-state index in [-0.39, 0.29) is 6.61 Å². The smallest absolute Gasteiger partial charge is 0.0556 e. The van der Waals surface area contributed by atoms with E-state index in [0.29, 0.717) is 31.2 Å². The monoisotopic (exact) mass is 270 g/mol. The van der Waals surface area contributed by atoms with E-state index >= 15 is 0 Å². The normalized spacial score (nSPS) is 31.1. The van der Waals surface area contributed by atoms with Crippen LogP contribution in [0.4, 0.5) is 0 Å². The molecule has 3 N–H and O–H groups in total. The summed E-state index contributed by atoms with van der Waals surface area (Å²) >= 11 is 0. The molecule has 1 aliphatic carbocycles. The molecule has 112 valence electrons. The first kappa shape index (κ1) is 15.2. The number of aliphatic hydroxyl groups is 2. The fourth-order valence-electron chi connectivity index (χ4n) is 3.60. The second kappa shape index (κ2) is 7.58. The molecule has 0 bridgehead atoms. The van der Waals surface area contributed by atoms with E-state index in [1.165, 1.54) is 19.3 Å². The molecule has 1 aliphatic heterocycles. The lowest BCUT2D eigenvalue weighted by atomic mass is 9.78. The highest BCUT2D eigenvalue weighted by atomic mass is 16.3. The number of hydrogen-bond acceptors (Lipinski definition) is 4. The number of nitrogens with zero attached hydrogens (tertiary/aromatic N) is 1. The van der Waals surface area contributed by atoms with Crippen LogP contribution in [0.5, 0.6) is 0 Å². The number of hydrogen-bond donors (Lipinski definition) is 3. The van der Waals surface area contributed by atoms with Gasteiger partial charge in [0.2, 0.25) is 0 Å². The molecule has 0 spiro atoms. The van der Waals surface area contributed by atoms with Gasteiger partial charge in [0.1, 0.15) is 0 Å². The van der Waals surface area contributed by atoms with Crippen LogP contribution in [0.3, 0.4) is 0 Å². The molecule has 0 aromatic rings. The Balaban J connectivity index is 1.88. The number of rotatable bonds is 7. The minimum atomic E-state index is 0.208. The predicted octanol–water partition coefficient (Wildman–Crippen LogP) is 0.830. The Kier molecular flexibility index (Phi) is 6.07. The molecule has 19 heavy (non-hydrogen) atoms. The molecular formula is C15H30N2O2. The first-order valence-electron chi connectivity index (χ1n) is 7.93. The molecule has 0 aromatic carbocycles. The number of aliphatic hydroxyl groups excluding tert-OH is 2. The third kappa shape index (κ3) is 4.15. The molecule has 1 heterocycles. The van der Waals surface area contributed by atoms with Crippen LogP contribution in [0.2, 0.25) is 0 Å². The average Bonchev–Trinajstić information content (AvgIpc) is 2.34. The molecule has 0 radical (unpaired) electrons. The van der Waals surface area contributed by atoms with Gasteiger partial charge in [0.05, 0.1) is 6.61 Å².